The number of methoxy groups -OCH3 is 1. The predicted octanol–water partition coefficient (Wildman–Crippen LogP) is 2.87. The van der Waals surface area contributed by atoms with Crippen LogP contribution in [0, 0.1) is 0 Å². The molecule has 0 radical (unpaired) electrons. The third-order valence-electron chi connectivity index (χ3n) is 4.08. The quantitative estimate of drug-likeness (QED) is 0.544. The van der Waals surface area contributed by atoms with Gasteiger partial charge in [-0.2, -0.15) is 0 Å². The minimum absolute atomic E-state index is 0.0139. The number of rotatable bonds is 4. The first-order chi connectivity index (χ1) is 13.2. The van der Waals surface area contributed by atoms with Gasteiger partial charge in [0.2, 0.25) is 5.91 Å². The van der Waals surface area contributed by atoms with Crippen molar-refractivity contribution < 1.29 is 14.3 Å². The number of hydrogen-bond donors (Lipinski definition) is 3. The van der Waals surface area contributed by atoms with Crippen molar-refractivity contribution >= 4 is 29.1 Å². The van der Waals surface area contributed by atoms with Gasteiger partial charge in [-0.1, -0.05) is 45.0 Å². The number of hydrazine groups is 1. The summed E-state index contributed by atoms with van der Waals surface area (Å²) in [5.41, 5.74) is 7.47. The van der Waals surface area contributed by atoms with Gasteiger partial charge >= 0.3 is 0 Å². The topological polar surface area (TPSA) is 79.5 Å². The molecule has 0 unspecified atom stereocenters. The van der Waals surface area contributed by atoms with Crippen LogP contribution in [0.25, 0.3) is 0 Å². The van der Waals surface area contributed by atoms with Gasteiger partial charge in [-0.15, -0.1) is 0 Å². The first kappa shape index (κ1) is 21.4. The second kappa shape index (κ2) is 9.32. The van der Waals surface area contributed by atoms with Gasteiger partial charge < -0.3 is 4.74 Å². The van der Waals surface area contributed by atoms with Crippen molar-refractivity contribution in [2.24, 2.45) is 0 Å². The first-order valence-electron chi connectivity index (χ1n) is 8.82. The molecule has 6 nitrogen and oxygen atoms in total. The monoisotopic (exact) mass is 399 g/mol. The molecule has 0 aliphatic carbocycles. The van der Waals surface area contributed by atoms with Crippen molar-refractivity contribution in [1.82, 2.24) is 16.2 Å². The molecule has 2 aromatic rings. The van der Waals surface area contributed by atoms with Crippen LogP contribution in [-0.2, 0) is 16.6 Å². The van der Waals surface area contributed by atoms with Gasteiger partial charge in [-0.05, 0) is 53.0 Å². The average Bonchev–Trinajstić information content (AvgIpc) is 2.66. The van der Waals surface area contributed by atoms with Crippen LogP contribution < -0.4 is 20.9 Å². The van der Waals surface area contributed by atoms with E-state index in [1.807, 2.05) is 12.1 Å². The lowest BCUT2D eigenvalue weighted by Crippen LogP contribution is -2.48. The summed E-state index contributed by atoms with van der Waals surface area (Å²) >= 11 is 5.06. The summed E-state index contributed by atoms with van der Waals surface area (Å²) in [6.45, 7) is 6.32. The highest BCUT2D eigenvalue weighted by molar-refractivity contribution is 7.80. The summed E-state index contributed by atoms with van der Waals surface area (Å²) in [4.78, 5) is 24.2. The number of thiocarbonyl (C=S) groups is 1. The molecule has 0 heterocycles. The van der Waals surface area contributed by atoms with Crippen LogP contribution in [0.2, 0.25) is 0 Å². The molecule has 0 atom stereocenters. The molecule has 3 N–H and O–H groups in total. The Morgan fingerprint density at radius 3 is 2.11 bits per heavy atom. The summed E-state index contributed by atoms with van der Waals surface area (Å²) in [7, 11) is 1.58. The van der Waals surface area contributed by atoms with E-state index in [9.17, 15) is 9.59 Å². The van der Waals surface area contributed by atoms with Crippen molar-refractivity contribution in [3.63, 3.8) is 0 Å². The lowest BCUT2D eigenvalue weighted by atomic mass is 9.87. The Morgan fingerprint density at radius 1 is 0.964 bits per heavy atom. The molecule has 0 bridgehead atoms. The standard InChI is InChI=1S/C21H25N3O3S/c1-21(2,3)16-9-7-15(8-10-16)19(26)22-20(28)24-23-18(25)13-14-5-11-17(27-4)12-6-14/h5-12H,13H2,1-4H3,(H,23,25)(H2,22,24,26,28). The Labute approximate surface area is 170 Å². The molecule has 0 aliphatic heterocycles. The fraction of sp³-hybridized carbons (Fsp3) is 0.286. The fourth-order valence-corrected chi connectivity index (χ4v) is 2.57. The van der Waals surface area contributed by atoms with E-state index in [1.54, 1.807) is 43.5 Å². The summed E-state index contributed by atoms with van der Waals surface area (Å²) < 4.78 is 5.08. The van der Waals surface area contributed by atoms with E-state index in [4.69, 9.17) is 17.0 Å². The highest BCUT2D eigenvalue weighted by Gasteiger charge is 2.15. The maximum atomic E-state index is 12.2. The Hall–Kier alpha value is -2.93. The zero-order valence-electron chi connectivity index (χ0n) is 16.5. The number of benzene rings is 2. The van der Waals surface area contributed by atoms with Crippen LogP contribution in [0.3, 0.4) is 0 Å². The van der Waals surface area contributed by atoms with Crippen molar-refractivity contribution in [3.05, 3.63) is 65.2 Å². The average molecular weight is 400 g/mol. The minimum atomic E-state index is -0.345. The van der Waals surface area contributed by atoms with Gasteiger partial charge in [-0.25, -0.2) is 0 Å². The molecule has 0 aromatic heterocycles. The maximum Gasteiger partial charge on any atom is 0.257 e. The van der Waals surface area contributed by atoms with Crippen LogP contribution in [0.1, 0.15) is 42.3 Å². The van der Waals surface area contributed by atoms with Crippen molar-refractivity contribution in [3.8, 4) is 5.75 Å². The Bertz CT molecular complexity index is 841. The summed E-state index contributed by atoms with van der Waals surface area (Å²) in [6, 6.07) is 14.5. The van der Waals surface area contributed by atoms with Gasteiger partial charge in [0.05, 0.1) is 13.5 Å². The lowest BCUT2D eigenvalue weighted by Gasteiger charge is -2.19. The number of carbonyl (C=O) groups excluding carboxylic acids is 2. The molecule has 0 saturated heterocycles. The second-order valence-electron chi connectivity index (χ2n) is 7.31. The molecular weight excluding hydrogens is 374 g/mol. The molecule has 7 heteroatoms. The minimum Gasteiger partial charge on any atom is -0.497 e. The molecule has 0 saturated carbocycles. The number of carbonyl (C=O) groups is 2. The molecule has 2 rings (SSSR count). The Morgan fingerprint density at radius 2 is 1.57 bits per heavy atom. The third kappa shape index (κ3) is 6.35. The van der Waals surface area contributed by atoms with E-state index in [2.05, 4.69) is 36.9 Å². The largest absolute Gasteiger partial charge is 0.497 e. The van der Waals surface area contributed by atoms with Gasteiger partial charge in [0.15, 0.2) is 5.11 Å². The van der Waals surface area contributed by atoms with Crippen LogP contribution in [-0.4, -0.2) is 24.0 Å². The van der Waals surface area contributed by atoms with Gasteiger partial charge in [-0.3, -0.25) is 25.8 Å². The van der Waals surface area contributed by atoms with E-state index in [0.717, 1.165) is 16.9 Å². The highest BCUT2D eigenvalue weighted by Crippen LogP contribution is 2.22. The highest BCUT2D eigenvalue weighted by atomic mass is 32.1. The van der Waals surface area contributed by atoms with Crippen molar-refractivity contribution in [1.29, 1.82) is 0 Å². The number of hydrogen-bond acceptors (Lipinski definition) is 4. The normalized spacial score (nSPS) is 10.7. The van der Waals surface area contributed by atoms with E-state index in [1.165, 1.54) is 0 Å². The molecule has 148 valence electrons. The molecule has 0 aliphatic rings. The second-order valence-corrected chi connectivity index (χ2v) is 7.72. The Kier molecular flexibility index (Phi) is 7.12. The molecule has 28 heavy (non-hydrogen) atoms. The van der Waals surface area contributed by atoms with E-state index in [0.29, 0.717) is 5.56 Å². The van der Waals surface area contributed by atoms with Gasteiger partial charge in [0.1, 0.15) is 5.75 Å². The SMILES string of the molecule is COc1ccc(CC(=O)NNC(=S)NC(=O)c2ccc(C(C)(C)C)cc2)cc1. The number of amides is 2. The summed E-state index contributed by atoms with van der Waals surface area (Å²) in [5.74, 6) is 0.0976. The summed E-state index contributed by atoms with van der Waals surface area (Å²) in [6.07, 6.45) is 0.168. The summed E-state index contributed by atoms with van der Waals surface area (Å²) in [5, 5.41) is 2.56. The lowest BCUT2D eigenvalue weighted by molar-refractivity contribution is -0.121. The zero-order valence-corrected chi connectivity index (χ0v) is 17.3. The first-order valence-corrected chi connectivity index (χ1v) is 9.23. The number of ether oxygens (including phenoxy) is 1. The van der Waals surface area contributed by atoms with E-state index < -0.39 is 0 Å². The van der Waals surface area contributed by atoms with Gasteiger partial charge in [0.25, 0.3) is 5.91 Å². The van der Waals surface area contributed by atoms with Crippen molar-refractivity contribution in [2.45, 2.75) is 32.6 Å². The molecule has 2 aromatic carbocycles. The van der Waals surface area contributed by atoms with Crippen molar-refractivity contribution in [2.75, 3.05) is 7.11 Å². The fourth-order valence-electron chi connectivity index (χ4n) is 2.43. The maximum absolute atomic E-state index is 12.2. The molecule has 2 amide bonds. The number of nitrogens with one attached hydrogen (secondary N) is 3. The third-order valence-corrected chi connectivity index (χ3v) is 4.28. The molecule has 0 fully saturated rings. The predicted molar refractivity (Wildman–Crippen MR) is 113 cm³/mol. The Balaban J connectivity index is 1.81. The van der Waals surface area contributed by atoms with Crippen LogP contribution in [0.5, 0.6) is 5.75 Å². The van der Waals surface area contributed by atoms with E-state index >= 15 is 0 Å². The van der Waals surface area contributed by atoms with Crippen LogP contribution in [0.15, 0.2) is 48.5 Å². The zero-order chi connectivity index (χ0) is 20.7. The van der Waals surface area contributed by atoms with E-state index in [-0.39, 0.29) is 28.8 Å². The molecular formula is C21H25N3O3S. The smallest absolute Gasteiger partial charge is 0.257 e. The van der Waals surface area contributed by atoms with Crippen LogP contribution >= 0.6 is 12.2 Å². The van der Waals surface area contributed by atoms with Crippen LogP contribution in [0.4, 0.5) is 0 Å². The van der Waals surface area contributed by atoms with Gasteiger partial charge in [0, 0.05) is 5.56 Å². The molecule has 0 spiro atoms.